The molecular weight excluding hydrogens is 288 g/mol. The third-order valence-corrected chi connectivity index (χ3v) is 5.56. The molecule has 5 nitrogen and oxygen atoms in total. The van der Waals surface area contributed by atoms with Crippen molar-refractivity contribution in [2.24, 2.45) is 0 Å². The molecule has 5 heteroatoms. The van der Waals surface area contributed by atoms with Crippen molar-refractivity contribution >= 4 is 5.91 Å². The Hall–Kier alpha value is -1.36. The predicted molar refractivity (Wildman–Crippen MR) is 91.6 cm³/mol. The number of rotatable bonds is 3. The molecular formula is C18H30N4O. The lowest BCUT2D eigenvalue weighted by molar-refractivity contribution is 0.0482. The van der Waals surface area contributed by atoms with Gasteiger partial charge >= 0.3 is 0 Å². The van der Waals surface area contributed by atoms with Crippen LogP contribution in [0.4, 0.5) is 0 Å². The number of nitrogens with zero attached hydrogens (tertiary/aromatic N) is 3. The summed E-state index contributed by atoms with van der Waals surface area (Å²) < 4.78 is 0. The molecule has 2 aliphatic rings. The van der Waals surface area contributed by atoms with Crippen LogP contribution in [0.1, 0.15) is 75.5 Å². The number of hydrogen-bond acceptors (Lipinski definition) is 3. The molecule has 1 aromatic rings. The van der Waals surface area contributed by atoms with Gasteiger partial charge in [0, 0.05) is 36.9 Å². The van der Waals surface area contributed by atoms with Crippen molar-refractivity contribution in [2.75, 3.05) is 13.1 Å². The molecule has 0 aromatic carbocycles. The Balaban J connectivity index is 1.69. The Morgan fingerprint density at radius 2 is 1.96 bits per heavy atom. The number of piperidine rings is 1. The predicted octanol–water partition coefficient (Wildman–Crippen LogP) is 3.01. The maximum atomic E-state index is 12.8. The Morgan fingerprint density at radius 1 is 1.26 bits per heavy atom. The molecule has 128 valence electrons. The summed E-state index contributed by atoms with van der Waals surface area (Å²) in [5, 5.41) is 7.23. The van der Waals surface area contributed by atoms with Crippen molar-refractivity contribution in [1.82, 2.24) is 20.0 Å². The lowest BCUT2D eigenvalue weighted by Crippen LogP contribution is -2.52. The summed E-state index contributed by atoms with van der Waals surface area (Å²) in [6, 6.07) is 3.70. The van der Waals surface area contributed by atoms with Crippen LogP contribution in [-0.4, -0.2) is 57.1 Å². The fraction of sp³-hybridized carbons (Fsp3) is 0.778. The van der Waals surface area contributed by atoms with E-state index in [-0.39, 0.29) is 5.91 Å². The zero-order valence-electron chi connectivity index (χ0n) is 14.9. The molecule has 3 atom stereocenters. The van der Waals surface area contributed by atoms with Crippen LogP contribution in [0.25, 0.3) is 0 Å². The number of carbonyl (C=O) groups excluding carboxylic acids is 1. The van der Waals surface area contributed by atoms with Gasteiger partial charge < -0.3 is 4.90 Å². The van der Waals surface area contributed by atoms with Crippen LogP contribution in [0.3, 0.4) is 0 Å². The van der Waals surface area contributed by atoms with Crippen molar-refractivity contribution in [2.45, 2.75) is 77.4 Å². The lowest BCUT2D eigenvalue weighted by atomic mass is 10.0. The van der Waals surface area contributed by atoms with Gasteiger partial charge in [-0.25, -0.2) is 0 Å². The Labute approximate surface area is 139 Å². The molecule has 2 aliphatic heterocycles. The van der Waals surface area contributed by atoms with E-state index in [0.717, 1.165) is 25.2 Å². The first-order chi connectivity index (χ1) is 11.0. The SMILES string of the molecule is CC(C)c1cc(C(=O)N2CCC[C@H](N3[C@H](C)CC[C@@H]3C)C2)n[nH]1. The minimum Gasteiger partial charge on any atom is -0.336 e. The van der Waals surface area contributed by atoms with Crippen LogP contribution < -0.4 is 0 Å². The van der Waals surface area contributed by atoms with Gasteiger partial charge in [0.25, 0.3) is 5.91 Å². The molecule has 2 saturated heterocycles. The number of H-pyrrole nitrogens is 1. The summed E-state index contributed by atoms with van der Waals surface area (Å²) in [4.78, 5) is 17.4. The van der Waals surface area contributed by atoms with E-state index in [1.807, 2.05) is 11.0 Å². The van der Waals surface area contributed by atoms with Crippen molar-refractivity contribution < 1.29 is 4.79 Å². The van der Waals surface area contributed by atoms with Gasteiger partial charge in [-0.3, -0.25) is 14.8 Å². The van der Waals surface area contributed by atoms with Gasteiger partial charge in [-0.05, 0) is 51.5 Å². The standard InChI is InChI=1S/C18H30N4O/c1-12(2)16-10-17(20-19-16)18(23)21-9-5-6-15(11-21)22-13(3)7-8-14(22)4/h10,12-15H,5-9,11H2,1-4H3,(H,19,20)/t13-,14+,15-/m0/s1. The number of likely N-dealkylation sites (tertiary alicyclic amines) is 2. The van der Waals surface area contributed by atoms with Gasteiger partial charge in [-0.15, -0.1) is 0 Å². The van der Waals surface area contributed by atoms with E-state index < -0.39 is 0 Å². The Bertz CT molecular complexity index is 543. The summed E-state index contributed by atoms with van der Waals surface area (Å²) in [6.07, 6.45) is 4.86. The van der Waals surface area contributed by atoms with Crippen molar-refractivity contribution in [3.05, 3.63) is 17.5 Å². The molecule has 1 N–H and O–H groups in total. The number of carbonyl (C=O) groups is 1. The highest BCUT2D eigenvalue weighted by atomic mass is 16.2. The van der Waals surface area contributed by atoms with E-state index in [0.29, 0.717) is 29.7 Å². The first kappa shape index (κ1) is 16.5. The molecule has 2 fully saturated rings. The highest BCUT2D eigenvalue weighted by Gasteiger charge is 2.36. The molecule has 1 amide bonds. The van der Waals surface area contributed by atoms with E-state index in [4.69, 9.17) is 0 Å². The fourth-order valence-corrected chi connectivity index (χ4v) is 4.22. The molecule has 0 unspecified atom stereocenters. The monoisotopic (exact) mass is 318 g/mol. The Kier molecular flexibility index (Phi) is 4.76. The van der Waals surface area contributed by atoms with Gasteiger partial charge in [0.15, 0.2) is 0 Å². The maximum Gasteiger partial charge on any atom is 0.274 e. The van der Waals surface area contributed by atoms with Crippen molar-refractivity contribution in [3.8, 4) is 0 Å². The summed E-state index contributed by atoms with van der Waals surface area (Å²) in [6.45, 7) is 10.6. The number of hydrogen-bond donors (Lipinski definition) is 1. The van der Waals surface area contributed by atoms with Crippen LogP contribution in [0, 0.1) is 0 Å². The van der Waals surface area contributed by atoms with Gasteiger partial charge in [0.1, 0.15) is 5.69 Å². The molecule has 3 rings (SSSR count). The lowest BCUT2D eigenvalue weighted by Gasteiger charge is -2.41. The third kappa shape index (κ3) is 3.30. The molecule has 3 heterocycles. The second-order valence-electron chi connectivity index (χ2n) is 7.63. The summed E-state index contributed by atoms with van der Waals surface area (Å²) >= 11 is 0. The van der Waals surface area contributed by atoms with E-state index in [1.165, 1.54) is 19.3 Å². The summed E-state index contributed by atoms with van der Waals surface area (Å²) in [5.74, 6) is 0.446. The van der Waals surface area contributed by atoms with Gasteiger partial charge in [0.2, 0.25) is 0 Å². The van der Waals surface area contributed by atoms with E-state index in [9.17, 15) is 4.79 Å². The van der Waals surface area contributed by atoms with E-state index in [1.54, 1.807) is 0 Å². The van der Waals surface area contributed by atoms with Crippen molar-refractivity contribution in [1.29, 1.82) is 0 Å². The zero-order valence-corrected chi connectivity index (χ0v) is 14.9. The molecule has 1 aromatic heterocycles. The fourth-order valence-electron chi connectivity index (χ4n) is 4.22. The number of amides is 1. The average molecular weight is 318 g/mol. The smallest absolute Gasteiger partial charge is 0.274 e. The summed E-state index contributed by atoms with van der Waals surface area (Å²) in [7, 11) is 0. The average Bonchev–Trinajstić information content (AvgIpc) is 3.14. The topological polar surface area (TPSA) is 52.2 Å². The van der Waals surface area contributed by atoms with Gasteiger partial charge in [-0.1, -0.05) is 13.8 Å². The first-order valence-electron chi connectivity index (χ1n) is 9.09. The zero-order chi connectivity index (χ0) is 16.6. The first-order valence-corrected chi connectivity index (χ1v) is 9.09. The van der Waals surface area contributed by atoms with Gasteiger partial charge in [-0.2, -0.15) is 5.10 Å². The molecule has 23 heavy (non-hydrogen) atoms. The largest absolute Gasteiger partial charge is 0.336 e. The number of nitrogens with one attached hydrogen (secondary N) is 1. The molecule has 0 saturated carbocycles. The van der Waals surface area contributed by atoms with Crippen LogP contribution in [0.5, 0.6) is 0 Å². The van der Waals surface area contributed by atoms with E-state index in [2.05, 4.69) is 42.8 Å². The summed E-state index contributed by atoms with van der Waals surface area (Å²) in [5.41, 5.74) is 1.60. The molecule has 0 aliphatic carbocycles. The minimum absolute atomic E-state index is 0.0809. The van der Waals surface area contributed by atoms with Crippen LogP contribution in [0.2, 0.25) is 0 Å². The van der Waals surface area contributed by atoms with Crippen molar-refractivity contribution in [3.63, 3.8) is 0 Å². The highest BCUT2D eigenvalue weighted by molar-refractivity contribution is 5.92. The minimum atomic E-state index is 0.0809. The number of aromatic nitrogens is 2. The van der Waals surface area contributed by atoms with E-state index >= 15 is 0 Å². The Morgan fingerprint density at radius 3 is 2.57 bits per heavy atom. The van der Waals surface area contributed by atoms with Gasteiger partial charge in [0.05, 0.1) is 0 Å². The second kappa shape index (κ2) is 6.63. The molecule has 0 bridgehead atoms. The second-order valence-corrected chi connectivity index (χ2v) is 7.63. The third-order valence-electron chi connectivity index (χ3n) is 5.56. The quantitative estimate of drug-likeness (QED) is 0.932. The molecule has 0 radical (unpaired) electrons. The normalized spacial score (nSPS) is 29.4. The maximum absolute atomic E-state index is 12.8. The number of aromatic amines is 1. The van der Waals surface area contributed by atoms with Crippen LogP contribution >= 0.6 is 0 Å². The molecule has 0 spiro atoms. The van der Waals surface area contributed by atoms with Crippen LogP contribution in [-0.2, 0) is 0 Å². The van der Waals surface area contributed by atoms with Crippen LogP contribution in [0.15, 0.2) is 6.07 Å². The highest BCUT2D eigenvalue weighted by Crippen LogP contribution is 2.30.